The van der Waals surface area contributed by atoms with Crippen molar-refractivity contribution < 1.29 is 0 Å². The van der Waals surface area contributed by atoms with Crippen molar-refractivity contribution in [1.29, 1.82) is 0 Å². The van der Waals surface area contributed by atoms with Crippen LogP contribution in [0.15, 0.2) is 97.1 Å². The Balaban J connectivity index is 1.43. The zero-order chi connectivity index (χ0) is 22.8. The Morgan fingerprint density at radius 1 is 0.429 bits per heavy atom. The zero-order valence-electron chi connectivity index (χ0n) is 19.2. The molecule has 7 aromatic rings. The third-order valence-corrected chi connectivity index (χ3v) is 8.18. The maximum absolute atomic E-state index is 5.14. The van der Waals surface area contributed by atoms with Crippen LogP contribution < -0.4 is 0 Å². The van der Waals surface area contributed by atoms with Gasteiger partial charge in [-0.25, -0.2) is 0 Å². The molecule has 0 fully saturated rings. The second-order valence-electron chi connectivity index (χ2n) is 9.96. The van der Waals surface area contributed by atoms with Crippen LogP contribution in [0.4, 0.5) is 0 Å². The van der Waals surface area contributed by atoms with Crippen molar-refractivity contribution in [1.82, 2.24) is 4.98 Å². The summed E-state index contributed by atoms with van der Waals surface area (Å²) in [4.78, 5) is 5.14. The van der Waals surface area contributed by atoms with Gasteiger partial charge in [-0.1, -0.05) is 91.0 Å². The molecule has 0 saturated carbocycles. The summed E-state index contributed by atoms with van der Waals surface area (Å²) in [7, 11) is 0. The quantitative estimate of drug-likeness (QED) is 0.231. The van der Waals surface area contributed by atoms with E-state index in [2.05, 4.69) is 104 Å². The van der Waals surface area contributed by atoms with Crippen molar-refractivity contribution in [2.24, 2.45) is 0 Å². The molecule has 1 aromatic heterocycles. The van der Waals surface area contributed by atoms with Crippen molar-refractivity contribution in [2.75, 3.05) is 0 Å². The number of aromatic nitrogens is 1. The second-order valence-corrected chi connectivity index (χ2v) is 9.96. The number of pyridine rings is 1. The molecule has 2 aliphatic carbocycles. The number of hydrogen-bond acceptors (Lipinski definition) is 1. The van der Waals surface area contributed by atoms with Crippen molar-refractivity contribution in [2.45, 2.75) is 6.92 Å². The van der Waals surface area contributed by atoms with E-state index < -0.39 is 0 Å². The van der Waals surface area contributed by atoms with E-state index in [9.17, 15) is 0 Å². The topological polar surface area (TPSA) is 12.9 Å². The van der Waals surface area contributed by atoms with Crippen LogP contribution in [0.25, 0.3) is 87.7 Å². The first kappa shape index (κ1) is 17.9. The van der Waals surface area contributed by atoms with E-state index in [0.29, 0.717) is 0 Å². The van der Waals surface area contributed by atoms with Crippen LogP contribution >= 0.6 is 0 Å². The molecule has 0 saturated heterocycles. The summed E-state index contributed by atoms with van der Waals surface area (Å²) in [6, 6.07) is 36.1. The lowest BCUT2D eigenvalue weighted by Gasteiger charge is -2.14. The molecule has 0 unspecified atom stereocenters. The van der Waals surface area contributed by atoms with Gasteiger partial charge in [0.25, 0.3) is 0 Å². The van der Waals surface area contributed by atoms with Gasteiger partial charge in [-0.3, -0.25) is 4.98 Å². The molecule has 0 N–H and O–H groups in total. The molecule has 0 radical (unpaired) electrons. The molecule has 0 bridgehead atoms. The summed E-state index contributed by atoms with van der Waals surface area (Å²) in [5.41, 5.74) is 12.6. The Labute approximate surface area is 202 Å². The number of aryl methyl sites for hydroxylation is 1. The van der Waals surface area contributed by atoms with Crippen LogP contribution in [0, 0.1) is 6.92 Å². The first-order valence-electron chi connectivity index (χ1n) is 12.2. The summed E-state index contributed by atoms with van der Waals surface area (Å²) in [6.45, 7) is 2.11. The number of nitrogens with zero attached hydrogens (tertiary/aromatic N) is 1. The summed E-state index contributed by atoms with van der Waals surface area (Å²) < 4.78 is 0. The number of fused-ring (bicyclic) bond motifs is 4. The highest BCUT2D eigenvalue weighted by Crippen LogP contribution is 2.52. The smallest absolute Gasteiger partial charge is 0.0796 e. The Bertz CT molecular complexity index is 2110. The predicted octanol–water partition coefficient (Wildman–Crippen LogP) is 9.30. The normalized spacial score (nSPS) is 12.7. The highest BCUT2D eigenvalue weighted by molar-refractivity contribution is 6.34. The molecule has 1 heteroatoms. The third-order valence-electron chi connectivity index (χ3n) is 8.18. The fraction of sp³-hybridized carbons (Fsp3) is 0.0294. The Hall–Kier alpha value is -4.49. The van der Waals surface area contributed by atoms with Crippen LogP contribution in [0.1, 0.15) is 5.69 Å². The minimum Gasteiger partial charge on any atom is -0.252 e. The van der Waals surface area contributed by atoms with Crippen molar-refractivity contribution in [3.63, 3.8) is 0 Å². The molecule has 160 valence electrons. The van der Waals surface area contributed by atoms with Crippen LogP contribution in [-0.2, 0) is 0 Å². The summed E-state index contributed by atoms with van der Waals surface area (Å²) in [5.74, 6) is 0. The van der Waals surface area contributed by atoms with E-state index in [1.165, 1.54) is 82.2 Å². The Morgan fingerprint density at radius 2 is 1.06 bits per heavy atom. The molecule has 0 amide bonds. The largest absolute Gasteiger partial charge is 0.252 e. The lowest BCUT2D eigenvalue weighted by molar-refractivity contribution is 1.26. The molecule has 0 spiro atoms. The number of rotatable bonds is 1. The molecule has 6 aromatic carbocycles. The molecule has 2 aliphatic rings. The van der Waals surface area contributed by atoms with E-state index in [0.717, 1.165) is 11.2 Å². The second kappa shape index (κ2) is 5.95. The molecule has 0 aliphatic heterocycles. The van der Waals surface area contributed by atoms with Crippen LogP contribution in [0.2, 0.25) is 0 Å². The number of hydrogen-bond donors (Lipinski definition) is 0. The Morgan fingerprint density at radius 3 is 1.91 bits per heavy atom. The van der Waals surface area contributed by atoms with Gasteiger partial charge in [0.05, 0.1) is 5.52 Å². The molecule has 35 heavy (non-hydrogen) atoms. The molecule has 0 atom stereocenters. The SMILES string of the molecule is Cc1cc2c3c(ccc(-c4ccc5c6c4ccc4ccc7cccc-5c7c46)c3n1)-c1ccccc1-2. The highest BCUT2D eigenvalue weighted by atomic mass is 14.7. The van der Waals surface area contributed by atoms with E-state index in [4.69, 9.17) is 4.98 Å². The van der Waals surface area contributed by atoms with Gasteiger partial charge in [-0.05, 0) is 84.3 Å². The summed E-state index contributed by atoms with van der Waals surface area (Å²) >= 11 is 0. The molecule has 1 nitrogen and oxygen atoms in total. The maximum Gasteiger partial charge on any atom is 0.0796 e. The van der Waals surface area contributed by atoms with Crippen molar-refractivity contribution in [3.8, 4) is 44.5 Å². The average molecular weight is 442 g/mol. The van der Waals surface area contributed by atoms with Gasteiger partial charge in [-0.2, -0.15) is 0 Å². The van der Waals surface area contributed by atoms with Gasteiger partial charge in [0.15, 0.2) is 0 Å². The first-order chi connectivity index (χ1) is 17.3. The fourth-order valence-electron chi connectivity index (χ4n) is 6.80. The van der Waals surface area contributed by atoms with Gasteiger partial charge in [0.2, 0.25) is 0 Å². The third kappa shape index (κ3) is 2.04. The summed E-state index contributed by atoms with van der Waals surface area (Å²) in [6.07, 6.45) is 0. The predicted molar refractivity (Wildman–Crippen MR) is 148 cm³/mol. The van der Waals surface area contributed by atoms with Crippen LogP contribution in [0.3, 0.4) is 0 Å². The molecule has 1 heterocycles. The maximum atomic E-state index is 5.14. The van der Waals surface area contributed by atoms with E-state index in [-0.39, 0.29) is 0 Å². The highest BCUT2D eigenvalue weighted by Gasteiger charge is 2.26. The van der Waals surface area contributed by atoms with E-state index >= 15 is 0 Å². The lowest BCUT2D eigenvalue weighted by atomic mass is 9.91. The lowest BCUT2D eigenvalue weighted by Crippen LogP contribution is -1.91. The molecular formula is C34H19N. The van der Waals surface area contributed by atoms with Gasteiger partial charge >= 0.3 is 0 Å². The van der Waals surface area contributed by atoms with E-state index in [1.807, 2.05) is 0 Å². The van der Waals surface area contributed by atoms with E-state index in [1.54, 1.807) is 0 Å². The van der Waals surface area contributed by atoms with Crippen LogP contribution in [0.5, 0.6) is 0 Å². The molecular weight excluding hydrogens is 422 g/mol. The van der Waals surface area contributed by atoms with Crippen LogP contribution in [-0.4, -0.2) is 4.98 Å². The summed E-state index contributed by atoms with van der Waals surface area (Å²) in [5, 5.41) is 9.42. The average Bonchev–Trinajstić information content (AvgIpc) is 3.41. The zero-order valence-corrected chi connectivity index (χ0v) is 19.2. The number of benzene rings is 6. The van der Waals surface area contributed by atoms with Gasteiger partial charge in [0.1, 0.15) is 0 Å². The Kier molecular flexibility index (Phi) is 3.04. The molecule has 9 rings (SSSR count). The van der Waals surface area contributed by atoms with Gasteiger partial charge < -0.3 is 0 Å². The monoisotopic (exact) mass is 441 g/mol. The van der Waals surface area contributed by atoms with Crippen molar-refractivity contribution >= 4 is 43.2 Å². The fourth-order valence-corrected chi connectivity index (χ4v) is 6.80. The van der Waals surface area contributed by atoms with Gasteiger partial charge in [0, 0.05) is 16.6 Å². The first-order valence-corrected chi connectivity index (χ1v) is 12.2. The van der Waals surface area contributed by atoms with Gasteiger partial charge in [-0.15, -0.1) is 0 Å². The minimum atomic E-state index is 1.06. The standard InChI is InChI=1S/C34H19N/c1-18-17-29-22-7-3-2-6-21(22)26-15-16-28(34(35-18)33(26)29)23-13-14-27-24-8-4-5-19-9-10-20-11-12-25(23)32(27)31(20)30(19)24/h2-17H,1H3. The van der Waals surface area contributed by atoms with Crippen molar-refractivity contribution in [3.05, 3.63) is 103 Å². The minimum absolute atomic E-state index is 1.06.